The maximum Gasteiger partial charge on any atom is 0.186 e. The molecule has 1 N–H and O–H groups in total. The molecule has 1 saturated carbocycles. The van der Waals surface area contributed by atoms with Gasteiger partial charge in [-0.15, -0.1) is 11.3 Å². The molecular weight excluding hydrogens is 266 g/mol. The lowest BCUT2D eigenvalue weighted by Crippen LogP contribution is -2.34. The Labute approximate surface area is 126 Å². The van der Waals surface area contributed by atoms with Crippen LogP contribution in [0.15, 0.2) is 0 Å². The van der Waals surface area contributed by atoms with Gasteiger partial charge in [-0.2, -0.15) is 0 Å². The van der Waals surface area contributed by atoms with Crippen LogP contribution in [-0.4, -0.2) is 24.6 Å². The molecule has 1 aliphatic heterocycles. The molecule has 2 aliphatic rings. The van der Waals surface area contributed by atoms with Crippen molar-refractivity contribution in [1.29, 1.82) is 0 Å². The summed E-state index contributed by atoms with van der Waals surface area (Å²) in [7, 11) is 2.03. The fraction of sp³-hybridized carbons (Fsp3) is 0.812. The number of fused-ring (bicyclic) bond motifs is 1. The van der Waals surface area contributed by atoms with Gasteiger partial charge in [-0.3, -0.25) is 0 Å². The highest BCUT2D eigenvalue weighted by molar-refractivity contribution is 7.15. The Morgan fingerprint density at radius 2 is 2.15 bits per heavy atom. The summed E-state index contributed by atoms with van der Waals surface area (Å²) in [5, 5.41) is 4.59. The molecule has 20 heavy (non-hydrogen) atoms. The van der Waals surface area contributed by atoms with E-state index in [2.05, 4.69) is 17.1 Å². The smallest absolute Gasteiger partial charge is 0.186 e. The van der Waals surface area contributed by atoms with Gasteiger partial charge in [-0.05, 0) is 38.6 Å². The predicted octanol–water partition coefficient (Wildman–Crippen LogP) is 3.58. The van der Waals surface area contributed by atoms with Gasteiger partial charge in [0.1, 0.15) is 0 Å². The van der Waals surface area contributed by atoms with Gasteiger partial charge in [0.25, 0.3) is 0 Å². The number of rotatable bonds is 5. The zero-order valence-electron chi connectivity index (χ0n) is 12.8. The summed E-state index contributed by atoms with van der Waals surface area (Å²) in [6.45, 7) is 4.44. The van der Waals surface area contributed by atoms with Gasteiger partial charge in [-0.25, -0.2) is 4.98 Å². The van der Waals surface area contributed by atoms with Gasteiger partial charge in [0.15, 0.2) is 5.13 Å². The van der Waals surface area contributed by atoms with E-state index in [1.165, 1.54) is 60.8 Å². The van der Waals surface area contributed by atoms with Gasteiger partial charge >= 0.3 is 0 Å². The summed E-state index contributed by atoms with van der Waals surface area (Å²) in [4.78, 5) is 9.08. The molecule has 112 valence electrons. The number of hydrogen-bond donors (Lipinski definition) is 1. The maximum atomic E-state index is 5.00. The zero-order valence-corrected chi connectivity index (χ0v) is 13.6. The second kappa shape index (κ2) is 6.44. The molecular formula is C16H27N3S. The van der Waals surface area contributed by atoms with Crippen LogP contribution in [0.5, 0.6) is 0 Å². The molecule has 0 spiro atoms. The molecule has 4 heteroatoms. The number of hydrogen-bond acceptors (Lipinski definition) is 4. The average molecular weight is 293 g/mol. The Bertz CT molecular complexity index is 419. The van der Waals surface area contributed by atoms with Crippen molar-refractivity contribution >= 4 is 16.5 Å². The Morgan fingerprint density at radius 1 is 1.30 bits per heavy atom. The van der Waals surface area contributed by atoms with Crippen molar-refractivity contribution < 1.29 is 0 Å². The summed E-state index contributed by atoms with van der Waals surface area (Å²) in [6, 6.07) is 0.784. The van der Waals surface area contributed by atoms with E-state index in [9.17, 15) is 0 Å². The first-order valence-electron chi connectivity index (χ1n) is 8.23. The number of nitrogens with zero attached hydrogens (tertiary/aromatic N) is 2. The molecule has 1 saturated heterocycles. The summed E-state index contributed by atoms with van der Waals surface area (Å²) >= 11 is 1.93. The van der Waals surface area contributed by atoms with E-state index in [4.69, 9.17) is 4.98 Å². The third-order valence-electron chi connectivity index (χ3n) is 4.85. The Hall–Kier alpha value is -0.610. The minimum atomic E-state index is 0.784. The Balaban J connectivity index is 1.80. The first kappa shape index (κ1) is 14.3. The van der Waals surface area contributed by atoms with Crippen LogP contribution < -0.4 is 10.2 Å². The first-order valence-corrected chi connectivity index (χ1v) is 9.05. The van der Waals surface area contributed by atoms with Crippen LogP contribution >= 0.6 is 11.3 Å². The molecule has 0 amide bonds. The highest BCUT2D eigenvalue weighted by Gasteiger charge is 2.37. The topological polar surface area (TPSA) is 28.2 Å². The van der Waals surface area contributed by atoms with Crippen LogP contribution in [0.1, 0.15) is 56.0 Å². The van der Waals surface area contributed by atoms with Gasteiger partial charge in [-0.1, -0.05) is 26.2 Å². The lowest BCUT2D eigenvalue weighted by atomic mass is 9.85. The van der Waals surface area contributed by atoms with Crippen molar-refractivity contribution in [3.63, 3.8) is 0 Å². The van der Waals surface area contributed by atoms with Crippen molar-refractivity contribution in [3.05, 3.63) is 10.6 Å². The lowest BCUT2D eigenvalue weighted by Gasteiger charge is -2.31. The normalized spacial score (nSPS) is 26.0. The summed E-state index contributed by atoms with van der Waals surface area (Å²) in [6.07, 6.45) is 9.37. The van der Waals surface area contributed by atoms with Crippen LogP contribution in [0.3, 0.4) is 0 Å². The first-order chi connectivity index (χ1) is 9.83. The Morgan fingerprint density at radius 3 is 2.95 bits per heavy atom. The zero-order chi connectivity index (χ0) is 13.9. The fourth-order valence-electron chi connectivity index (χ4n) is 3.87. The lowest BCUT2D eigenvalue weighted by molar-refractivity contribution is 0.342. The van der Waals surface area contributed by atoms with Gasteiger partial charge in [0.2, 0.25) is 0 Å². The van der Waals surface area contributed by atoms with Crippen LogP contribution in [0.2, 0.25) is 0 Å². The number of aryl methyl sites for hydroxylation is 1. The van der Waals surface area contributed by atoms with Crippen molar-refractivity contribution in [2.24, 2.45) is 5.92 Å². The second-order valence-corrected chi connectivity index (χ2v) is 7.30. The molecule has 0 radical (unpaired) electrons. The minimum Gasteiger partial charge on any atom is -0.345 e. The van der Waals surface area contributed by atoms with Crippen molar-refractivity contribution in [1.82, 2.24) is 10.3 Å². The minimum absolute atomic E-state index is 0.784. The standard InChI is InChI=1S/C16H27N3S/c1-3-6-13-15(11-17-2)20-16(18-13)19-10-9-12-7-4-5-8-14(12)19/h12,14,17H,3-11H2,1-2H3. The van der Waals surface area contributed by atoms with E-state index >= 15 is 0 Å². The van der Waals surface area contributed by atoms with E-state index in [1.807, 2.05) is 18.4 Å². The molecule has 0 bridgehead atoms. The third kappa shape index (κ3) is 2.73. The predicted molar refractivity (Wildman–Crippen MR) is 86.6 cm³/mol. The average Bonchev–Trinajstić information content (AvgIpc) is 3.04. The van der Waals surface area contributed by atoms with E-state index < -0.39 is 0 Å². The molecule has 0 aromatic carbocycles. The van der Waals surface area contributed by atoms with Gasteiger partial charge in [0.05, 0.1) is 5.69 Å². The van der Waals surface area contributed by atoms with E-state index in [1.54, 1.807) is 0 Å². The number of nitrogens with one attached hydrogen (secondary N) is 1. The third-order valence-corrected chi connectivity index (χ3v) is 5.98. The van der Waals surface area contributed by atoms with E-state index in [0.717, 1.165) is 24.9 Å². The molecule has 2 unspecified atom stereocenters. The number of aromatic nitrogens is 1. The largest absolute Gasteiger partial charge is 0.345 e. The summed E-state index contributed by atoms with van der Waals surface area (Å²) < 4.78 is 0. The number of thiazole rings is 1. The molecule has 2 fully saturated rings. The highest BCUT2D eigenvalue weighted by atomic mass is 32.1. The van der Waals surface area contributed by atoms with Crippen LogP contribution in [0.25, 0.3) is 0 Å². The molecule has 3 nitrogen and oxygen atoms in total. The maximum absolute atomic E-state index is 5.00. The SMILES string of the molecule is CCCc1nc(N2CCC3CCCCC32)sc1CNC. The van der Waals surface area contributed by atoms with Crippen molar-refractivity contribution in [3.8, 4) is 0 Å². The quantitative estimate of drug-likeness (QED) is 0.899. The van der Waals surface area contributed by atoms with Crippen molar-refractivity contribution in [2.45, 2.75) is 64.5 Å². The van der Waals surface area contributed by atoms with E-state index in [0.29, 0.717) is 0 Å². The van der Waals surface area contributed by atoms with Crippen LogP contribution in [0, 0.1) is 5.92 Å². The molecule has 2 heterocycles. The van der Waals surface area contributed by atoms with Crippen LogP contribution in [-0.2, 0) is 13.0 Å². The second-order valence-electron chi connectivity index (χ2n) is 6.24. The molecule has 1 aliphatic carbocycles. The monoisotopic (exact) mass is 293 g/mol. The summed E-state index contributed by atoms with van der Waals surface area (Å²) in [5.41, 5.74) is 1.33. The van der Waals surface area contributed by atoms with Gasteiger partial charge in [0, 0.05) is 24.0 Å². The van der Waals surface area contributed by atoms with Crippen LogP contribution in [0.4, 0.5) is 5.13 Å². The molecule has 3 rings (SSSR count). The molecule has 1 aromatic rings. The van der Waals surface area contributed by atoms with Crippen molar-refractivity contribution in [2.75, 3.05) is 18.5 Å². The highest BCUT2D eigenvalue weighted by Crippen LogP contribution is 2.40. The fourth-order valence-corrected chi connectivity index (χ4v) is 5.07. The number of anilines is 1. The molecule has 2 atom stereocenters. The Kier molecular flexibility index (Phi) is 4.61. The summed E-state index contributed by atoms with van der Waals surface area (Å²) in [5.74, 6) is 0.940. The van der Waals surface area contributed by atoms with E-state index in [-0.39, 0.29) is 0 Å². The molecule has 1 aromatic heterocycles. The van der Waals surface area contributed by atoms with Gasteiger partial charge < -0.3 is 10.2 Å².